The Morgan fingerprint density at radius 2 is 1.87 bits per heavy atom. The summed E-state index contributed by atoms with van der Waals surface area (Å²) in [5.41, 5.74) is 1.51. The molecule has 1 heterocycles. The van der Waals surface area contributed by atoms with Crippen LogP contribution in [0.4, 0.5) is 0 Å². The Balaban J connectivity index is 0.00000341. The summed E-state index contributed by atoms with van der Waals surface area (Å²) in [5, 5.41) is 12.2. The van der Waals surface area contributed by atoms with E-state index in [0.29, 0.717) is 43.5 Å². The van der Waals surface area contributed by atoms with Crippen molar-refractivity contribution in [2.75, 3.05) is 19.6 Å². The number of hydrogen-bond donors (Lipinski definition) is 4. The van der Waals surface area contributed by atoms with E-state index >= 15 is 0 Å². The molecule has 3 rings (SSSR count). The molecule has 1 aliphatic rings. The summed E-state index contributed by atoms with van der Waals surface area (Å²) in [6.07, 6.45) is 3.59. The van der Waals surface area contributed by atoms with Gasteiger partial charge >= 0.3 is 0 Å². The van der Waals surface area contributed by atoms with Gasteiger partial charge in [0.25, 0.3) is 5.91 Å². The number of hydrogen-bond acceptors (Lipinski definition) is 4. The second-order valence-corrected chi connectivity index (χ2v) is 7.15. The van der Waals surface area contributed by atoms with Crippen LogP contribution in [0.3, 0.4) is 0 Å². The van der Waals surface area contributed by atoms with E-state index < -0.39 is 0 Å². The summed E-state index contributed by atoms with van der Waals surface area (Å²) in [7, 11) is 0. The van der Waals surface area contributed by atoms with Gasteiger partial charge in [0, 0.05) is 31.1 Å². The molecule has 1 saturated carbocycles. The molecule has 9 heteroatoms. The predicted octanol–water partition coefficient (Wildman–Crippen LogP) is 2.41. The maximum absolute atomic E-state index is 12.4. The minimum absolute atomic E-state index is 0. The van der Waals surface area contributed by atoms with Crippen LogP contribution in [0, 0.1) is 5.92 Å². The fourth-order valence-corrected chi connectivity index (χ4v) is 2.86. The summed E-state index contributed by atoms with van der Waals surface area (Å²) >= 11 is 0. The first-order valence-corrected chi connectivity index (χ1v) is 10.3. The quantitative estimate of drug-likeness (QED) is 0.161. The van der Waals surface area contributed by atoms with Gasteiger partial charge in [0.1, 0.15) is 5.76 Å². The number of nitrogens with one attached hydrogen (secondary N) is 4. The molecule has 31 heavy (non-hydrogen) atoms. The molecule has 1 aliphatic carbocycles. The number of guanidine groups is 1. The van der Waals surface area contributed by atoms with Gasteiger partial charge in [-0.05, 0) is 49.6 Å². The zero-order valence-electron chi connectivity index (χ0n) is 17.6. The molecule has 2 aromatic rings. The van der Waals surface area contributed by atoms with Gasteiger partial charge in [-0.3, -0.25) is 9.59 Å². The topological polar surface area (TPSA) is 108 Å². The van der Waals surface area contributed by atoms with E-state index in [1.807, 2.05) is 31.2 Å². The van der Waals surface area contributed by atoms with E-state index in [1.54, 1.807) is 18.4 Å². The standard InChI is InChI=1S/C22H29N5O3.HI/c1-2-23-22(25-11-10-24-20(28)17-8-9-17)27-14-16-5-3-6-18(13-16)21(29)26-15-19-7-4-12-30-19;/h3-7,12-13,17H,2,8-11,14-15H2,1H3,(H,24,28)(H,26,29)(H2,23,25,27);1H. The van der Waals surface area contributed by atoms with Crippen molar-refractivity contribution < 1.29 is 14.0 Å². The van der Waals surface area contributed by atoms with Gasteiger partial charge in [-0.2, -0.15) is 0 Å². The van der Waals surface area contributed by atoms with Gasteiger partial charge in [-0.1, -0.05) is 12.1 Å². The molecule has 0 bridgehead atoms. The van der Waals surface area contributed by atoms with Crippen molar-refractivity contribution in [1.29, 1.82) is 0 Å². The smallest absolute Gasteiger partial charge is 0.251 e. The number of amides is 2. The highest BCUT2D eigenvalue weighted by Gasteiger charge is 2.28. The van der Waals surface area contributed by atoms with Crippen molar-refractivity contribution in [2.24, 2.45) is 10.9 Å². The van der Waals surface area contributed by atoms with Crippen LogP contribution in [0.15, 0.2) is 52.1 Å². The molecule has 0 saturated heterocycles. The fourth-order valence-electron chi connectivity index (χ4n) is 2.86. The summed E-state index contributed by atoms with van der Waals surface area (Å²) in [4.78, 5) is 28.6. The van der Waals surface area contributed by atoms with Crippen molar-refractivity contribution >= 4 is 41.8 Å². The minimum atomic E-state index is -0.159. The Morgan fingerprint density at radius 3 is 2.58 bits per heavy atom. The normalized spacial score (nSPS) is 13.1. The second-order valence-electron chi connectivity index (χ2n) is 7.15. The van der Waals surface area contributed by atoms with E-state index in [1.165, 1.54) is 0 Å². The highest BCUT2D eigenvalue weighted by Crippen LogP contribution is 2.28. The van der Waals surface area contributed by atoms with E-state index in [2.05, 4.69) is 26.3 Å². The van der Waals surface area contributed by atoms with Crippen LogP contribution in [0.2, 0.25) is 0 Å². The van der Waals surface area contributed by atoms with E-state index in [9.17, 15) is 9.59 Å². The number of benzene rings is 1. The van der Waals surface area contributed by atoms with Crippen LogP contribution in [0.1, 0.15) is 41.4 Å². The van der Waals surface area contributed by atoms with Gasteiger partial charge in [-0.25, -0.2) is 4.99 Å². The highest BCUT2D eigenvalue weighted by atomic mass is 127. The van der Waals surface area contributed by atoms with Gasteiger partial charge in [0.15, 0.2) is 5.96 Å². The Hall–Kier alpha value is -2.56. The molecule has 0 atom stereocenters. The zero-order chi connectivity index (χ0) is 21.2. The molecule has 0 aliphatic heterocycles. The summed E-state index contributed by atoms with van der Waals surface area (Å²) in [5.74, 6) is 1.58. The Morgan fingerprint density at radius 1 is 1.06 bits per heavy atom. The van der Waals surface area contributed by atoms with E-state index in [-0.39, 0.29) is 41.7 Å². The number of furan rings is 1. The zero-order valence-corrected chi connectivity index (χ0v) is 20.0. The molecule has 0 radical (unpaired) electrons. The SMILES string of the molecule is CCNC(=NCc1cccc(C(=O)NCc2ccco2)c1)NCCNC(=O)C1CC1.I. The number of carbonyl (C=O) groups excluding carboxylic acids is 2. The third-order valence-corrected chi connectivity index (χ3v) is 4.62. The molecular formula is C22H30IN5O3. The van der Waals surface area contributed by atoms with Crippen LogP contribution in [0.25, 0.3) is 0 Å². The monoisotopic (exact) mass is 539 g/mol. The number of aliphatic imine (C=N–C) groups is 1. The maximum atomic E-state index is 12.4. The number of nitrogens with zero attached hydrogens (tertiary/aromatic N) is 1. The first-order chi connectivity index (χ1) is 14.7. The molecule has 0 spiro atoms. The van der Waals surface area contributed by atoms with E-state index in [0.717, 1.165) is 24.9 Å². The van der Waals surface area contributed by atoms with Crippen molar-refractivity contribution in [2.45, 2.75) is 32.9 Å². The molecule has 4 N–H and O–H groups in total. The predicted molar refractivity (Wildman–Crippen MR) is 130 cm³/mol. The lowest BCUT2D eigenvalue weighted by Crippen LogP contribution is -2.41. The third kappa shape index (κ3) is 8.60. The van der Waals surface area contributed by atoms with Crippen LogP contribution in [-0.4, -0.2) is 37.4 Å². The summed E-state index contributed by atoms with van der Waals surface area (Å²) < 4.78 is 5.23. The van der Waals surface area contributed by atoms with Gasteiger partial charge in [0.05, 0.1) is 19.4 Å². The molecule has 0 unspecified atom stereocenters. The molecule has 1 aromatic heterocycles. The largest absolute Gasteiger partial charge is 0.467 e. The average Bonchev–Trinajstić information content (AvgIpc) is 3.49. The van der Waals surface area contributed by atoms with Gasteiger partial charge < -0.3 is 25.7 Å². The maximum Gasteiger partial charge on any atom is 0.251 e. The Labute approximate surface area is 199 Å². The van der Waals surface area contributed by atoms with Crippen molar-refractivity contribution in [3.05, 3.63) is 59.5 Å². The number of carbonyl (C=O) groups is 2. The molecule has 1 aromatic carbocycles. The second kappa shape index (κ2) is 13.0. The molecule has 2 amide bonds. The number of halogens is 1. The summed E-state index contributed by atoms with van der Waals surface area (Å²) in [6, 6.07) is 11.0. The third-order valence-electron chi connectivity index (χ3n) is 4.62. The Kier molecular flexibility index (Phi) is 10.3. The highest BCUT2D eigenvalue weighted by molar-refractivity contribution is 14.0. The van der Waals surface area contributed by atoms with Crippen LogP contribution in [0.5, 0.6) is 0 Å². The van der Waals surface area contributed by atoms with Crippen molar-refractivity contribution in [3.8, 4) is 0 Å². The van der Waals surface area contributed by atoms with Gasteiger partial charge in [-0.15, -0.1) is 24.0 Å². The lowest BCUT2D eigenvalue weighted by atomic mass is 10.1. The fraction of sp³-hybridized carbons (Fsp3) is 0.409. The average molecular weight is 539 g/mol. The Bertz CT molecular complexity index is 866. The first-order valence-electron chi connectivity index (χ1n) is 10.3. The van der Waals surface area contributed by atoms with Gasteiger partial charge in [0.2, 0.25) is 5.91 Å². The lowest BCUT2D eigenvalue weighted by Gasteiger charge is -2.12. The molecular weight excluding hydrogens is 509 g/mol. The van der Waals surface area contributed by atoms with Crippen LogP contribution >= 0.6 is 24.0 Å². The van der Waals surface area contributed by atoms with Crippen LogP contribution in [-0.2, 0) is 17.9 Å². The van der Waals surface area contributed by atoms with Crippen molar-refractivity contribution in [3.63, 3.8) is 0 Å². The van der Waals surface area contributed by atoms with Crippen LogP contribution < -0.4 is 21.3 Å². The molecule has 1 fully saturated rings. The molecule has 8 nitrogen and oxygen atoms in total. The number of rotatable bonds is 10. The minimum Gasteiger partial charge on any atom is -0.467 e. The van der Waals surface area contributed by atoms with E-state index in [4.69, 9.17) is 4.42 Å². The summed E-state index contributed by atoms with van der Waals surface area (Å²) in [6.45, 7) is 4.67. The lowest BCUT2D eigenvalue weighted by molar-refractivity contribution is -0.122. The molecule has 168 valence electrons. The first kappa shape index (κ1) is 24.7. The van der Waals surface area contributed by atoms with Crippen molar-refractivity contribution in [1.82, 2.24) is 21.3 Å².